The van der Waals surface area contributed by atoms with Crippen LogP contribution < -0.4 is 11.3 Å². The van der Waals surface area contributed by atoms with Crippen molar-refractivity contribution in [3.8, 4) is 0 Å². The number of aromatic amines is 1. The molecule has 1 aliphatic heterocycles. The standard InChI is InChI=1S/C15H20N4O/c16-9-11-5-3-4-8-19(11)10-14-17-13-7-2-1-6-12(13)15(20)18-14/h1-2,6-7,11H,3-5,8-10,16H2,(H,17,18,20). The second-order valence-electron chi connectivity index (χ2n) is 5.39. The van der Waals surface area contributed by atoms with Crippen molar-refractivity contribution in [3.05, 3.63) is 40.4 Å². The molecule has 1 fully saturated rings. The summed E-state index contributed by atoms with van der Waals surface area (Å²) in [4.78, 5) is 21.8. The van der Waals surface area contributed by atoms with Gasteiger partial charge in [-0.2, -0.15) is 0 Å². The lowest BCUT2D eigenvalue weighted by Crippen LogP contribution is -2.43. The van der Waals surface area contributed by atoms with Gasteiger partial charge in [-0.1, -0.05) is 18.6 Å². The van der Waals surface area contributed by atoms with Gasteiger partial charge >= 0.3 is 0 Å². The zero-order chi connectivity index (χ0) is 13.9. The predicted octanol–water partition coefficient (Wildman–Crippen LogP) is 1.24. The molecule has 2 aromatic rings. The number of hydrogen-bond donors (Lipinski definition) is 2. The quantitative estimate of drug-likeness (QED) is 0.881. The van der Waals surface area contributed by atoms with Gasteiger partial charge in [0.25, 0.3) is 5.56 Å². The first-order valence-corrected chi connectivity index (χ1v) is 7.20. The number of nitrogens with one attached hydrogen (secondary N) is 1. The molecule has 5 nitrogen and oxygen atoms in total. The van der Waals surface area contributed by atoms with E-state index in [0.29, 0.717) is 24.5 Å². The van der Waals surface area contributed by atoms with Gasteiger partial charge in [0.1, 0.15) is 5.82 Å². The van der Waals surface area contributed by atoms with Crippen LogP contribution in [0.3, 0.4) is 0 Å². The van der Waals surface area contributed by atoms with Crippen molar-refractivity contribution in [1.29, 1.82) is 0 Å². The van der Waals surface area contributed by atoms with Crippen LogP contribution in [0.25, 0.3) is 10.9 Å². The van der Waals surface area contributed by atoms with E-state index in [1.165, 1.54) is 12.8 Å². The van der Waals surface area contributed by atoms with Gasteiger partial charge in [-0.3, -0.25) is 9.69 Å². The lowest BCUT2D eigenvalue weighted by Gasteiger charge is -2.34. The van der Waals surface area contributed by atoms with Crippen LogP contribution in [0.5, 0.6) is 0 Å². The molecule has 106 valence electrons. The van der Waals surface area contributed by atoms with Gasteiger partial charge < -0.3 is 10.7 Å². The molecular formula is C15H20N4O. The van der Waals surface area contributed by atoms with Crippen molar-refractivity contribution in [3.63, 3.8) is 0 Å². The molecule has 2 heterocycles. The van der Waals surface area contributed by atoms with Crippen molar-refractivity contribution in [2.45, 2.75) is 31.8 Å². The van der Waals surface area contributed by atoms with Gasteiger partial charge in [0.05, 0.1) is 17.4 Å². The summed E-state index contributed by atoms with van der Waals surface area (Å²) in [5, 5.41) is 0.644. The van der Waals surface area contributed by atoms with Crippen LogP contribution >= 0.6 is 0 Å². The molecule has 1 atom stereocenters. The highest BCUT2D eigenvalue weighted by atomic mass is 16.1. The first kappa shape index (κ1) is 13.3. The van der Waals surface area contributed by atoms with E-state index in [4.69, 9.17) is 5.73 Å². The van der Waals surface area contributed by atoms with E-state index >= 15 is 0 Å². The molecule has 1 unspecified atom stereocenters. The highest BCUT2D eigenvalue weighted by Crippen LogP contribution is 2.18. The Morgan fingerprint density at radius 3 is 3.05 bits per heavy atom. The van der Waals surface area contributed by atoms with Crippen LogP contribution in [-0.2, 0) is 6.54 Å². The highest BCUT2D eigenvalue weighted by Gasteiger charge is 2.21. The second-order valence-corrected chi connectivity index (χ2v) is 5.39. The van der Waals surface area contributed by atoms with Crippen molar-refractivity contribution in [1.82, 2.24) is 14.9 Å². The monoisotopic (exact) mass is 272 g/mol. The second kappa shape index (κ2) is 5.73. The molecule has 0 saturated carbocycles. The van der Waals surface area contributed by atoms with Crippen LogP contribution in [0.15, 0.2) is 29.1 Å². The maximum absolute atomic E-state index is 12.1. The van der Waals surface area contributed by atoms with Gasteiger partial charge in [-0.05, 0) is 31.5 Å². The average molecular weight is 272 g/mol. The van der Waals surface area contributed by atoms with Crippen LogP contribution in [0.1, 0.15) is 25.1 Å². The van der Waals surface area contributed by atoms with E-state index in [2.05, 4.69) is 14.9 Å². The maximum atomic E-state index is 12.1. The summed E-state index contributed by atoms with van der Waals surface area (Å²) in [5.74, 6) is 0.731. The van der Waals surface area contributed by atoms with Crippen molar-refractivity contribution < 1.29 is 0 Å². The number of nitrogens with zero attached hydrogens (tertiary/aromatic N) is 2. The summed E-state index contributed by atoms with van der Waals surface area (Å²) in [6.45, 7) is 2.36. The Morgan fingerprint density at radius 2 is 2.20 bits per heavy atom. The third-order valence-corrected chi connectivity index (χ3v) is 4.04. The van der Waals surface area contributed by atoms with E-state index in [-0.39, 0.29) is 5.56 Å². The van der Waals surface area contributed by atoms with Crippen LogP contribution in [0.4, 0.5) is 0 Å². The number of fused-ring (bicyclic) bond motifs is 1. The summed E-state index contributed by atoms with van der Waals surface area (Å²) in [5.41, 5.74) is 6.53. The molecule has 0 bridgehead atoms. The van der Waals surface area contributed by atoms with Gasteiger partial charge in [0.15, 0.2) is 0 Å². The first-order valence-electron chi connectivity index (χ1n) is 7.20. The molecule has 1 aromatic heterocycles. The summed E-state index contributed by atoms with van der Waals surface area (Å²) >= 11 is 0. The fraction of sp³-hybridized carbons (Fsp3) is 0.467. The summed E-state index contributed by atoms with van der Waals surface area (Å²) in [7, 11) is 0. The van der Waals surface area contributed by atoms with E-state index in [1.54, 1.807) is 6.07 Å². The van der Waals surface area contributed by atoms with Crippen LogP contribution in [0, 0.1) is 0 Å². The number of aromatic nitrogens is 2. The van der Waals surface area contributed by atoms with Crippen molar-refractivity contribution >= 4 is 10.9 Å². The number of H-pyrrole nitrogens is 1. The number of para-hydroxylation sites is 1. The zero-order valence-electron chi connectivity index (χ0n) is 11.5. The van der Waals surface area contributed by atoms with Gasteiger partial charge in [-0.15, -0.1) is 0 Å². The third kappa shape index (κ3) is 2.59. The number of likely N-dealkylation sites (tertiary alicyclic amines) is 1. The lowest BCUT2D eigenvalue weighted by atomic mass is 10.0. The fourth-order valence-electron chi connectivity index (χ4n) is 2.94. The normalized spacial score (nSPS) is 20.4. The Kier molecular flexibility index (Phi) is 3.80. The minimum atomic E-state index is -0.0630. The Hall–Kier alpha value is -1.72. The minimum absolute atomic E-state index is 0.0630. The lowest BCUT2D eigenvalue weighted by molar-refractivity contribution is 0.141. The van der Waals surface area contributed by atoms with E-state index in [0.717, 1.165) is 24.3 Å². The first-order chi connectivity index (χ1) is 9.78. The van der Waals surface area contributed by atoms with Crippen LogP contribution in [-0.4, -0.2) is 34.0 Å². The molecule has 0 spiro atoms. The maximum Gasteiger partial charge on any atom is 0.258 e. The van der Waals surface area contributed by atoms with Crippen molar-refractivity contribution in [2.75, 3.05) is 13.1 Å². The molecular weight excluding hydrogens is 252 g/mol. The Bertz CT molecular complexity index is 652. The number of benzene rings is 1. The third-order valence-electron chi connectivity index (χ3n) is 4.04. The summed E-state index contributed by atoms with van der Waals surface area (Å²) in [6.07, 6.45) is 3.56. The van der Waals surface area contributed by atoms with Crippen molar-refractivity contribution in [2.24, 2.45) is 5.73 Å². The molecule has 3 rings (SSSR count). The molecule has 0 radical (unpaired) electrons. The molecule has 3 N–H and O–H groups in total. The minimum Gasteiger partial charge on any atom is -0.329 e. The highest BCUT2D eigenvalue weighted by molar-refractivity contribution is 5.77. The molecule has 5 heteroatoms. The fourth-order valence-corrected chi connectivity index (χ4v) is 2.94. The molecule has 1 saturated heterocycles. The van der Waals surface area contributed by atoms with Gasteiger partial charge in [0, 0.05) is 12.6 Å². The molecule has 0 amide bonds. The zero-order valence-corrected chi connectivity index (χ0v) is 11.5. The van der Waals surface area contributed by atoms with Crippen LogP contribution in [0.2, 0.25) is 0 Å². The number of piperidine rings is 1. The molecule has 1 aromatic carbocycles. The summed E-state index contributed by atoms with van der Waals surface area (Å²) in [6, 6.07) is 7.84. The van der Waals surface area contributed by atoms with Gasteiger partial charge in [0.2, 0.25) is 0 Å². The Balaban J connectivity index is 1.88. The largest absolute Gasteiger partial charge is 0.329 e. The Labute approximate surface area is 117 Å². The number of rotatable bonds is 3. The Morgan fingerprint density at radius 1 is 1.35 bits per heavy atom. The SMILES string of the molecule is NCC1CCCCN1Cc1nc2ccccc2c(=O)[nH]1. The average Bonchev–Trinajstić information content (AvgIpc) is 2.48. The van der Waals surface area contributed by atoms with E-state index in [9.17, 15) is 4.79 Å². The predicted molar refractivity (Wildman–Crippen MR) is 79.5 cm³/mol. The smallest absolute Gasteiger partial charge is 0.258 e. The number of hydrogen-bond acceptors (Lipinski definition) is 4. The molecule has 1 aliphatic rings. The van der Waals surface area contributed by atoms with E-state index in [1.807, 2.05) is 18.2 Å². The molecule has 20 heavy (non-hydrogen) atoms. The van der Waals surface area contributed by atoms with E-state index < -0.39 is 0 Å². The van der Waals surface area contributed by atoms with Gasteiger partial charge in [-0.25, -0.2) is 4.98 Å². The molecule has 0 aliphatic carbocycles. The topological polar surface area (TPSA) is 75.0 Å². The summed E-state index contributed by atoms with van der Waals surface area (Å²) < 4.78 is 0. The number of nitrogens with two attached hydrogens (primary N) is 1.